The molecule has 3 aromatic heterocycles. The third-order valence-corrected chi connectivity index (χ3v) is 5.76. The number of halogens is 1. The van der Waals surface area contributed by atoms with E-state index in [4.69, 9.17) is 9.40 Å². The van der Waals surface area contributed by atoms with E-state index in [0.29, 0.717) is 29.6 Å². The van der Waals surface area contributed by atoms with Crippen molar-refractivity contribution in [3.8, 4) is 22.6 Å². The lowest BCUT2D eigenvalue weighted by molar-refractivity contribution is -0.131. The third kappa shape index (κ3) is 3.81. The summed E-state index contributed by atoms with van der Waals surface area (Å²) in [4.78, 5) is 27.5. The standard InChI is InChI=1S/C23H23FN6O2/c1-2-19(31)29-11-8-17(9-12-29)26-22-25-10-7-18(27-22)21-20(15-3-5-16(24)6-4-15)28-23-30(21)13-14-32-23/h3-7,10,13-14,17H,2,8-9,11-12H2,1H3,(H,25,26,27). The van der Waals surface area contributed by atoms with Gasteiger partial charge in [0.05, 0.1) is 5.69 Å². The van der Waals surface area contributed by atoms with E-state index in [-0.39, 0.29) is 17.8 Å². The molecule has 0 aliphatic carbocycles. The molecule has 1 aromatic carbocycles. The van der Waals surface area contributed by atoms with Gasteiger partial charge < -0.3 is 14.6 Å². The number of anilines is 1. The summed E-state index contributed by atoms with van der Waals surface area (Å²) in [5.41, 5.74) is 2.84. The molecule has 1 saturated heterocycles. The van der Waals surface area contributed by atoms with E-state index in [1.807, 2.05) is 22.3 Å². The summed E-state index contributed by atoms with van der Waals surface area (Å²) in [6.45, 7) is 3.35. The maximum atomic E-state index is 13.4. The summed E-state index contributed by atoms with van der Waals surface area (Å²) < 4.78 is 20.7. The minimum atomic E-state index is -0.307. The number of amides is 1. The van der Waals surface area contributed by atoms with Gasteiger partial charge in [0, 0.05) is 43.5 Å². The number of fused-ring (bicyclic) bond motifs is 1. The van der Waals surface area contributed by atoms with Gasteiger partial charge in [-0.15, -0.1) is 0 Å². The zero-order valence-corrected chi connectivity index (χ0v) is 17.7. The van der Waals surface area contributed by atoms with Gasteiger partial charge in [0.15, 0.2) is 0 Å². The number of nitrogens with zero attached hydrogens (tertiary/aromatic N) is 5. The monoisotopic (exact) mass is 434 g/mol. The topological polar surface area (TPSA) is 88.6 Å². The molecule has 0 spiro atoms. The Hall–Kier alpha value is -3.75. The number of hydrogen-bond acceptors (Lipinski definition) is 6. The van der Waals surface area contributed by atoms with E-state index in [1.54, 1.807) is 30.8 Å². The molecule has 5 rings (SSSR count). The molecule has 0 unspecified atom stereocenters. The zero-order chi connectivity index (χ0) is 22.1. The Morgan fingerprint density at radius 3 is 2.72 bits per heavy atom. The molecular weight excluding hydrogens is 411 g/mol. The van der Waals surface area contributed by atoms with Gasteiger partial charge in [-0.1, -0.05) is 6.92 Å². The quantitative estimate of drug-likeness (QED) is 0.511. The lowest BCUT2D eigenvalue weighted by Gasteiger charge is -2.32. The molecule has 4 aromatic rings. The minimum Gasteiger partial charge on any atom is -0.432 e. The number of oxazole rings is 1. The van der Waals surface area contributed by atoms with E-state index >= 15 is 0 Å². The highest BCUT2D eigenvalue weighted by Crippen LogP contribution is 2.32. The van der Waals surface area contributed by atoms with Gasteiger partial charge in [0.25, 0.3) is 0 Å². The van der Waals surface area contributed by atoms with Gasteiger partial charge >= 0.3 is 5.84 Å². The van der Waals surface area contributed by atoms with E-state index in [9.17, 15) is 9.18 Å². The normalized spacial score (nSPS) is 14.8. The molecule has 8 nitrogen and oxygen atoms in total. The second-order valence-electron chi connectivity index (χ2n) is 7.79. The van der Waals surface area contributed by atoms with E-state index in [0.717, 1.165) is 37.2 Å². The number of carbonyl (C=O) groups is 1. The summed E-state index contributed by atoms with van der Waals surface area (Å²) in [5, 5.41) is 3.41. The number of hydrogen-bond donors (Lipinski definition) is 1. The molecule has 0 saturated carbocycles. The third-order valence-electron chi connectivity index (χ3n) is 5.76. The first kappa shape index (κ1) is 20.2. The molecule has 1 aliphatic heterocycles. The summed E-state index contributed by atoms with van der Waals surface area (Å²) >= 11 is 0. The largest absolute Gasteiger partial charge is 0.432 e. The Kier molecular flexibility index (Phi) is 5.30. The molecule has 0 radical (unpaired) electrons. The molecule has 1 amide bonds. The van der Waals surface area contributed by atoms with E-state index in [2.05, 4.69) is 15.3 Å². The van der Waals surface area contributed by atoms with Crippen molar-refractivity contribution in [2.75, 3.05) is 18.4 Å². The molecule has 32 heavy (non-hydrogen) atoms. The van der Waals surface area contributed by atoms with Crippen LogP contribution in [0.15, 0.2) is 53.4 Å². The molecule has 0 bridgehead atoms. The van der Waals surface area contributed by atoms with Crippen LogP contribution in [-0.4, -0.2) is 49.3 Å². The fourth-order valence-electron chi connectivity index (χ4n) is 4.08. The highest BCUT2D eigenvalue weighted by Gasteiger charge is 2.23. The first-order chi connectivity index (χ1) is 15.6. The molecule has 4 heterocycles. The van der Waals surface area contributed by atoms with Crippen LogP contribution in [0.5, 0.6) is 0 Å². The van der Waals surface area contributed by atoms with E-state index in [1.165, 1.54) is 12.1 Å². The predicted octanol–water partition coefficient (Wildman–Crippen LogP) is 4.00. The molecule has 0 atom stereocenters. The molecule has 1 fully saturated rings. The average molecular weight is 434 g/mol. The summed E-state index contributed by atoms with van der Waals surface area (Å²) in [5.74, 6) is 0.838. The maximum Gasteiger partial charge on any atom is 0.306 e. The molecule has 9 heteroatoms. The number of benzene rings is 1. The van der Waals surface area contributed by atoms with E-state index < -0.39 is 0 Å². The summed E-state index contributed by atoms with van der Waals surface area (Å²) in [6.07, 6.45) is 7.27. The van der Waals surface area contributed by atoms with Crippen molar-refractivity contribution in [1.82, 2.24) is 24.3 Å². The first-order valence-electron chi connectivity index (χ1n) is 10.7. The Morgan fingerprint density at radius 1 is 1.19 bits per heavy atom. The van der Waals surface area contributed by atoms with Crippen LogP contribution in [0.3, 0.4) is 0 Å². The van der Waals surface area contributed by atoms with Crippen molar-refractivity contribution < 1.29 is 13.6 Å². The van der Waals surface area contributed by atoms with Crippen LogP contribution in [-0.2, 0) is 4.79 Å². The van der Waals surface area contributed by atoms with Crippen LogP contribution >= 0.6 is 0 Å². The van der Waals surface area contributed by atoms with Crippen LogP contribution in [0.1, 0.15) is 26.2 Å². The Labute approximate surface area is 184 Å². The van der Waals surface area contributed by atoms with Crippen molar-refractivity contribution in [2.24, 2.45) is 0 Å². The van der Waals surface area contributed by atoms with Crippen LogP contribution in [0.25, 0.3) is 28.5 Å². The van der Waals surface area contributed by atoms with Crippen LogP contribution in [0, 0.1) is 5.82 Å². The number of piperidine rings is 1. The highest BCUT2D eigenvalue weighted by atomic mass is 19.1. The predicted molar refractivity (Wildman–Crippen MR) is 117 cm³/mol. The smallest absolute Gasteiger partial charge is 0.306 e. The van der Waals surface area contributed by atoms with Crippen molar-refractivity contribution >= 4 is 17.7 Å². The fourth-order valence-corrected chi connectivity index (χ4v) is 4.08. The second-order valence-corrected chi connectivity index (χ2v) is 7.79. The molecule has 164 valence electrons. The van der Waals surface area contributed by atoms with Gasteiger partial charge in [-0.25, -0.2) is 14.4 Å². The lowest BCUT2D eigenvalue weighted by atomic mass is 10.0. The first-order valence-corrected chi connectivity index (χ1v) is 10.7. The van der Waals surface area contributed by atoms with Crippen molar-refractivity contribution in [1.29, 1.82) is 0 Å². The molecule has 1 N–H and O–H groups in total. The number of carbonyl (C=O) groups excluding carboxylic acids is 1. The summed E-state index contributed by atoms with van der Waals surface area (Å²) in [6, 6.07) is 8.20. The van der Waals surface area contributed by atoms with Crippen molar-refractivity contribution in [2.45, 2.75) is 32.2 Å². The molecular formula is C23H23FN6O2. The lowest BCUT2D eigenvalue weighted by Crippen LogP contribution is -2.42. The number of likely N-dealkylation sites (tertiary alicyclic amines) is 1. The minimum absolute atomic E-state index is 0.194. The Balaban J connectivity index is 1.43. The van der Waals surface area contributed by atoms with Crippen molar-refractivity contribution in [3.05, 3.63) is 54.8 Å². The van der Waals surface area contributed by atoms with Gasteiger partial charge in [0.1, 0.15) is 23.5 Å². The number of imidazole rings is 1. The van der Waals surface area contributed by atoms with Crippen LogP contribution < -0.4 is 5.32 Å². The van der Waals surface area contributed by atoms with Gasteiger partial charge in [-0.05, 0) is 43.2 Å². The maximum absolute atomic E-state index is 13.4. The zero-order valence-electron chi connectivity index (χ0n) is 17.7. The number of aromatic nitrogens is 4. The second kappa shape index (κ2) is 8.41. The van der Waals surface area contributed by atoms with Gasteiger partial charge in [0.2, 0.25) is 11.9 Å². The van der Waals surface area contributed by atoms with Crippen molar-refractivity contribution in [3.63, 3.8) is 0 Å². The number of nitrogens with one attached hydrogen (secondary N) is 1. The van der Waals surface area contributed by atoms with Gasteiger partial charge in [-0.2, -0.15) is 4.98 Å². The molecule has 1 aliphatic rings. The Bertz CT molecular complexity index is 1240. The SMILES string of the molecule is CCC(=O)N1CCC(Nc2nccc(-c3c(-c4ccc(F)cc4)nc4occn34)n2)CC1. The van der Waals surface area contributed by atoms with Crippen LogP contribution in [0.2, 0.25) is 0 Å². The number of rotatable bonds is 5. The van der Waals surface area contributed by atoms with Crippen LogP contribution in [0.4, 0.5) is 10.3 Å². The summed E-state index contributed by atoms with van der Waals surface area (Å²) in [7, 11) is 0. The average Bonchev–Trinajstić information content (AvgIpc) is 3.41. The highest BCUT2D eigenvalue weighted by molar-refractivity contribution is 5.79. The fraction of sp³-hybridized carbons (Fsp3) is 0.304. The Morgan fingerprint density at radius 2 is 1.97 bits per heavy atom. The van der Waals surface area contributed by atoms with Gasteiger partial charge in [-0.3, -0.25) is 9.20 Å².